The van der Waals surface area contributed by atoms with Crippen LogP contribution >= 0.6 is 0 Å². The van der Waals surface area contributed by atoms with Gasteiger partial charge in [0.15, 0.2) is 0 Å². The van der Waals surface area contributed by atoms with Gasteiger partial charge in [-0.3, -0.25) is 9.36 Å². The summed E-state index contributed by atoms with van der Waals surface area (Å²) in [6.07, 6.45) is 1.97. The van der Waals surface area contributed by atoms with Gasteiger partial charge in [-0.15, -0.1) is 0 Å². The van der Waals surface area contributed by atoms with Crippen molar-refractivity contribution in [2.75, 3.05) is 6.54 Å². The van der Waals surface area contributed by atoms with Gasteiger partial charge < -0.3 is 14.5 Å². The van der Waals surface area contributed by atoms with Crippen LogP contribution in [0, 0.1) is 11.3 Å². The largest absolute Gasteiger partial charge is 0.493 e. The number of benzene rings is 2. The highest BCUT2D eigenvalue weighted by Crippen LogP contribution is 2.49. The lowest BCUT2D eigenvalue weighted by Gasteiger charge is -2.26. The maximum absolute atomic E-state index is 13.3. The van der Waals surface area contributed by atoms with E-state index in [9.17, 15) is 20.0 Å². The first-order valence-electron chi connectivity index (χ1n) is 9.80. The van der Waals surface area contributed by atoms with Crippen molar-refractivity contribution in [1.82, 2.24) is 19.2 Å². The first kappa shape index (κ1) is 17.5. The molecule has 2 aliphatic heterocycles. The standard InChI is InChI=1S/C22H15N5O4/c23-10-12-5-6-16(15-4-2-1-3-14(12)15)27-21(29)19-17-9-13(26(19)22(27)30)11-25(17)20(28)18-7-8-24-31-18/h1-8,13,17,29H,9,11H2. The molecule has 6 rings (SSSR count). The van der Waals surface area contributed by atoms with Crippen LogP contribution in [0.1, 0.15) is 40.3 Å². The van der Waals surface area contributed by atoms with Crippen LogP contribution in [0.5, 0.6) is 5.88 Å². The summed E-state index contributed by atoms with van der Waals surface area (Å²) in [5.41, 5.74) is 1.04. The fraction of sp³-hybridized carbons (Fsp3) is 0.182. The molecule has 4 heterocycles. The van der Waals surface area contributed by atoms with E-state index in [4.69, 9.17) is 4.52 Å². The van der Waals surface area contributed by atoms with Crippen molar-refractivity contribution in [3.8, 4) is 17.6 Å². The number of amides is 1. The third kappa shape index (κ3) is 2.21. The highest BCUT2D eigenvalue weighted by molar-refractivity contribution is 5.94. The number of likely N-dealkylation sites (tertiary alicyclic amines) is 1. The predicted molar refractivity (Wildman–Crippen MR) is 108 cm³/mol. The Kier molecular flexibility index (Phi) is 3.44. The quantitative estimate of drug-likeness (QED) is 0.540. The normalized spacial score (nSPS) is 19.0. The maximum atomic E-state index is 13.3. The minimum Gasteiger partial charge on any atom is -0.493 e. The molecule has 0 saturated carbocycles. The van der Waals surface area contributed by atoms with E-state index in [0.29, 0.717) is 40.7 Å². The number of nitrogens with zero attached hydrogens (tertiary/aromatic N) is 5. The molecule has 31 heavy (non-hydrogen) atoms. The third-order valence-electron chi connectivity index (χ3n) is 6.23. The summed E-state index contributed by atoms with van der Waals surface area (Å²) in [6.45, 7) is 0.356. The molecule has 0 spiro atoms. The van der Waals surface area contributed by atoms with E-state index in [-0.39, 0.29) is 29.3 Å². The molecule has 2 aromatic heterocycles. The van der Waals surface area contributed by atoms with Gasteiger partial charge in [0, 0.05) is 23.4 Å². The second-order valence-electron chi connectivity index (χ2n) is 7.73. The highest BCUT2D eigenvalue weighted by atomic mass is 16.5. The number of fused-ring (bicyclic) bond motifs is 6. The monoisotopic (exact) mass is 413 g/mol. The summed E-state index contributed by atoms with van der Waals surface area (Å²) in [5.74, 6) is -0.388. The summed E-state index contributed by atoms with van der Waals surface area (Å²) in [4.78, 5) is 27.8. The molecule has 2 aliphatic rings. The molecule has 9 nitrogen and oxygen atoms in total. The van der Waals surface area contributed by atoms with Gasteiger partial charge in [-0.05, 0) is 18.6 Å². The minimum absolute atomic E-state index is 0.124. The number of carbonyl (C=O) groups excluding carboxylic acids is 1. The Hall–Kier alpha value is -4.32. The first-order valence-corrected chi connectivity index (χ1v) is 9.80. The molecule has 1 fully saturated rings. The molecule has 152 valence electrons. The van der Waals surface area contributed by atoms with Crippen LogP contribution in [0.3, 0.4) is 0 Å². The van der Waals surface area contributed by atoms with Crippen molar-refractivity contribution in [1.29, 1.82) is 5.26 Å². The van der Waals surface area contributed by atoms with E-state index in [1.165, 1.54) is 16.8 Å². The predicted octanol–water partition coefficient (Wildman–Crippen LogP) is 2.50. The van der Waals surface area contributed by atoms with E-state index in [1.807, 2.05) is 24.3 Å². The van der Waals surface area contributed by atoms with Crippen LogP contribution in [0.2, 0.25) is 0 Å². The number of hydrogen-bond acceptors (Lipinski definition) is 6. The van der Waals surface area contributed by atoms with E-state index in [0.717, 1.165) is 0 Å². The van der Waals surface area contributed by atoms with Crippen molar-refractivity contribution in [2.24, 2.45) is 0 Å². The topological polar surface area (TPSA) is 117 Å². The van der Waals surface area contributed by atoms with Crippen LogP contribution < -0.4 is 5.69 Å². The van der Waals surface area contributed by atoms with Gasteiger partial charge in [-0.1, -0.05) is 29.4 Å². The number of aromatic nitrogens is 3. The lowest BCUT2D eigenvalue weighted by Crippen LogP contribution is -2.37. The molecule has 4 aromatic rings. The second-order valence-corrected chi connectivity index (χ2v) is 7.73. The molecule has 2 atom stereocenters. The summed E-state index contributed by atoms with van der Waals surface area (Å²) in [5, 5.41) is 25.5. The van der Waals surface area contributed by atoms with Crippen molar-refractivity contribution >= 4 is 16.7 Å². The molecule has 9 heteroatoms. The molecule has 2 aromatic carbocycles. The van der Waals surface area contributed by atoms with E-state index in [1.54, 1.807) is 21.6 Å². The Morgan fingerprint density at radius 1 is 1.19 bits per heavy atom. The Morgan fingerprint density at radius 3 is 2.74 bits per heavy atom. The van der Waals surface area contributed by atoms with Crippen LogP contribution in [0.4, 0.5) is 0 Å². The summed E-state index contributed by atoms with van der Waals surface area (Å²) in [7, 11) is 0. The Labute approximate surface area is 174 Å². The van der Waals surface area contributed by atoms with Crippen LogP contribution in [0.15, 0.2) is 58.0 Å². The SMILES string of the molecule is N#Cc1ccc(-n2c(O)c3n(c2=O)C2CC3N(C(=O)c3ccno3)C2)c2ccccc12. The van der Waals surface area contributed by atoms with Gasteiger partial charge >= 0.3 is 5.69 Å². The van der Waals surface area contributed by atoms with Gasteiger partial charge in [0.05, 0.1) is 35.6 Å². The summed E-state index contributed by atoms with van der Waals surface area (Å²) < 4.78 is 7.84. The van der Waals surface area contributed by atoms with Crippen molar-refractivity contribution < 1.29 is 14.4 Å². The summed E-state index contributed by atoms with van der Waals surface area (Å²) >= 11 is 0. The van der Waals surface area contributed by atoms with Gasteiger partial charge in [-0.2, -0.15) is 5.26 Å². The number of nitriles is 1. The average molecular weight is 413 g/mol. The zero-order valence-electron chi connectivity index (χ0n) is 16.1. The molecule has 2 unspecified atom stereocenters. The maximum Gasteiger partial charge on any atom is 0.336 e. The second kappa shape index (κ2) is 6.09. The molecule has 0 radical (unpaired) electrons. The average Bonchev–Trinajstić information content (AvgIpc) is 3.57. The number of rotatable bonds is 2. The van der Waals surface area contributed by atoms with Gasteiger partial charge in [0.2, 0.25) is 11.6 Å². The zero-order chi connectivity index (χ0) is 21.3. The molecule has 2 bridgehead atoms. The number of imidazole rings is 1. The molecule has 1 saturated heterocycles. The lowest BCUT2D eigenvalue weighted by molar-refractivity contribution is 0.0669. The minimum atomic E-state index is -0.429. The Morgan fingerprint density at radius 2 is 2.00 bits per heavy atom. The van der Waals surface area contributed by atoms with E-state index >= 15 is 0 Å². The van der Waals surface area contributed by atoms with E-state index in [2.05, 4.69) is 11.2 Å². The van der Waals surface area contributed by atoms with Crippen molar-refractivity contribution in [3.05, 3.63) is 76.2 Å². The smallest absolute Gasteiger partial charge is 0.336 e. The Balaban J connectivity index is 1.52. The fourth-order valence-electron chi connectivity index (χ4n) is 4.93. The van der Waals surface area contributed by atoms with Crippen molar-refractivity contribution in [3.63, 3.8) is 0 Å². The fourth-order valence-corrected chi connectivity index (χ4v) is 4.93. The molecular weight excluding hydrogens is 398 g/mol. The summed E-state index contributed by atoms with van der Waals surface area (Å²) in [6, 6.07) is 13.6. The Bertz CT molecular complexity index is 1470. The first-order chi connectivity index (χ1) is 15.1. The van der Waals surface area contributed by atoms with Crippen LogP contribution in [0.25, 0.3) is 16.5 Å². The molecular formula is C22H15N5O4. The molecule has 1 N–H and O–H groups in total. The van der Waals surface area contributed by atoms with Gasteiger partial charge in [0.25, 0.3) is 5.91 Å². The van der Waals surface area contributed by atoms with Crippen LogP contribution in [-0.4, -0.2) is 36.7 Å². The van der Waals surface area contributed by atoms with Gasteiger partial charge in [0.1, 0.15) is 5.69 Å². The third-order valence-corrected chi connectivity index (χ3v) is 6.23. The molecule has 0 aliphatic carbocycles. The number of hydrogen-bond donors (Lipinski definition) is 1. The van der Waals surface area contributed by atoms with E-state index < -0.39 is 6.04 Å². The lowest BCUT2D eigenvalue weighted by atomic mass is 10.0. The van der Waals surface area contributed by atoms with Crippen LogP contribution in [-0.2, 0) is 0 Å². The molecule has 1 amide bonds. The van der Waals surface area contributed by atoms with Gasteiger partial charge in [-0.25, -0.2) is 9.36 Å². The highest BCUT2D eigenvalue weighted by Gasteiger charge is 2.49. The number of carbonyl (C=O) groups is 1. The van der Waals surface area contributed by atoms with Crippen molar-refractivity contribution in [2.45, 2.75) is 18.5 Å². The zero-order valence-corrected chi connectivity index (χ0v) is 16.1. The number of aromatic hydroxyl groups is 1.